The van der Waals surface area contributed by atoms with Gasteiger partial charge in [-0.15, -0.1) is 11.3 Å². The molecule has 0 bridgehead atoms. The van der Waals surface area contributed by atoms with E-state index in [0.29, 0.717) is 12.8 Å². The van der Waals surface area contributed by atoms with Gasteiger partial charge in [0.15, 0.2) is 4.96 Å². The zero-order valence-electron chi connectivity index (χ0n) is 10.1. The number of thiazole rings is 1. The van der Waals surface area contributed by atoms with Crippen LogP contribution >= 0.6 is 11.3 Å². The molecule has 0 radical (unpaired) electrons. The van der Waals surface area contributed by atoms with Crippen LogP contribution in [0, 0.1) is 6.92 Å². The van der Waals surface area contributed by atoms with E-state index < -0.39 is 0 Å². The van der Waals surface area contributed by atoms with E-state index in [1.165, 1.54) is 12.2 Å². The molecular formula is C11H15N3O2S. The van der Waals surface area contributed by atoms with Gasteiger partial charge in [-0.2, -0.15) is 0 Å². The number of carbonyl (C=O) groups excluding carboxylic acids is 1. The maximum absolute atomic E-state index is 11.6. The lowest BCUT2D eigenvalue weighted by atomic mass is 10.2. The first-order valence-corrected chi connectivity index (χ1v) is 6.22. The molecule has 2 aromatic heterocycles. The van der Waals surface area contributed by atoms with E-state index in [2.05, 4.69) is 4.98 Å². The topological polar surface area (TPSA) is 46.8 Å². The van der Waals surface area contributed by atoms with Crippen molar-refractivity contribution < 1.29 is 9.63 Å². The predicted molar refractivity (Wildman–Crippen MR) is 65.9 cm³/mol. The van der Waals surface area contributed by atoms with Crippen molar-refractivity contribution in [2.45, 2.75) is 19.8 Å². The van der Waals surface area contributed by atoms with Crippen molar-refractivity contribution in [3.8, 4) is 0 Å². The standard InChI is InChI=1S/C11H15N3O2S/c1-8-6-14-9(7-17-11(14)12-8)4-5-10(15)13(2)16-3/h6-7H,4-5H2,1-3H3. The van der Waals surface area contributed by atoms with Crippen LogP contribution in [0.2, 0.25) is 0 Å². The van der Waals surface area contributed by atoms with Gasteiger partial charge in [-0.25, -0.2) is 10.0 Å². The van der Waals surface area contributed by atoms with Crippen LogP contribution in [0.5, 0.6) is 0 Å². The second-order valence-corrected chi connectivity index (χ2v) is 4.67. The number of nitrogens with zero attached hydrogens (tertiary/aromatic N) is 3. The smallest absolute Gasteiger partial charge is 0.246 e. The summed E-state index contributed by atoms with van der Waals surface area (Å²) >= 11 is 1.60. The van der Waals surface area contributed by atoms with Crippen LogP contribution in [0.25, 0.3) is 4.96 Å². The molecule has 5 nitrogen and oxygen atoms in total. The van der Waals surface area contributed by atoms with E-state index in [9.17, 15) is 4.79 Å². The number of imidazole rings is 1. The van der Waals surface area contributed by atoms with Gasteiger partial charge in [0.25, 0.3) is 0 Å². The number of amides is 1. The number of rotatable bonds is 4. The minimum Gasteiger partial charge on any atom is -0.294 e. The Morgan fingerprint density at radius 1 is 1.65 bits per heavy atom. The van der Waals surface area contributed by atoms with Gasteiger partial charge in [0, 0.05) is 30.7 Å². The minimum atomic E-state index is -0.0244. The molecule has 2 rings (SSSR count). The zero-order valence-corrected chi connectivity index (χ0v) is 11.0. The van der Waals surface area contributed by atoms with E-state index in [4.69, 9.17) is 4.84 Å². The number of hydroxylamine groups is 2. The first kappa shape index (κ1) is 12.1. The molecule has 0 saturated carbocycles. The van der Waals surface area contributed by atoms with Crippen LogP contribution in [0.1, 0.15) is 17.8 Å². The maximum atomic E-state index is 11.6. The van der Waals surface area contributed by atoms with E-state index in [1.807, 2.05) is 22.9 Å². The quantitative estimate of drug-likeness (QED) is 0.778. The van der Waals surface area contributed by atoms with Gasteiger partial charge in [0.05, 0.1) is 12.8 Å². The number of hydrogen-bond donors (Lipinski definition) is 0. The summed E-state index contributed by atoms with van der Waals surface area (Å²) in [6.45, 7) is 1.97. The van der Waals surface area contributed by atoms with E-state index >= 15 is 0 Å². The normalized spacial score (nSPS) is 11.0. The Morgan fingerprint density at radius 3 is 3.12 bits per heavy atom. The number of aryl methyl sites for hydroxylation is 2. The first-order chi connectivity index (χ1) is 8.11. The summed E-state index contributed by atoms with van der Waals surface area (Å²) in [5.41, 5.74) is 2.11. The second-order valence-electron chi connectivity index (χ2n) is 3.84. The van der Waals surface area contributed by atoms with Crippen molar-refractivity contribution in [3.05, 3.63) is 23.0 Å². The van der Waals surface area contributed by atoms with Crippen molar-refractivity contribution in [3.63, 3.8) is 0 Å². The lowest BCUT2D eigenvalue weighted by molar-refractivity contribution is -0.168. The van der Waals surface area contributed by atoms with Crippen LogP contribution in [0.3, 0.4) is 0 Å². The fourth-order valence-corrected chi connectivity index (χ4v) is 2.57. The summed E-state index contributed by atoms with van der Waals surface area (Å²) in [5, 5.41) is 3.30. The van der Waals surface area contributed by atoms with E-state index in [1.54, 1.807) is 18.4 Å². The molecule has 0 aliphatic rings. The molecule has 2 aromatic rings. The molecule has 0 fully saturated rings. The van der Waals surface area contributed by atoms with Crippen LogP contribution in [-0.4, -0.2) is 34.5 Å². The van der Waals surface area contributed by atoms with Crippen LogP contribution in [0.4, 0.5) is 0 Å². The number of aromatic nitrogens is 2. The Hall–Kier alpha value is -1.40. The fourth-order valence-electron chi connectivity index (χ4n) is 1.62. The SMILES string of the molecule is CON(C)C(=O)CCc1csc2nc(C)cn12. The molecular weight excluding hydrogens is 238 g/mol. The molecule has 0 atom stereocenters. The fraction of sp³-hybridized carbons (Fsp3) is 0.455. The summed E-state index contributed by atoms with van der Waals surface area (Å²) in [6.07, 6.45) is 3.13. The van der Waals surface area contributed by atoms with Crippen LogP contribution in [0.15, 0.2) is 11.6 Å². The van der Waals surface area contributed by atoms with Crippen LogP contribution < -0.4 is 0 Å². The molecule has 0 spiro atoms. The second kappa shape index (κ2) is 4.85. The third-order valence-electron chi connectivity index (χ3n) is 2.62. The third kappa shape index (κ3) is 2.48. The summed E-state index contributed by atoms with van der Waals surface area (Å²) in [5.74, 6) is -0.0244. The average Bonchev–Trinajstić information content (AvgIpc) is 2.84. The minimum absolute atomic E-state index is 0.0244. The summed E-state index contributed by atoms with van der Waals surface area (Å²) in [7, 11) is 3.10. The van der Waals surface area contributed by atoms with Crippen molar-refractivity contribution in [1.82, 2.24) is 14.4 Å². The monoisotopic (exact) mass is 253 g/mol. The summed E-state index contributed by atoms with van der Waals surface area (Å²) < 4.78 is 2.04. The van der Waals surface area contributed by atoms with Gasteiger partial charge in [-0.05, 0) is 13.3 Å². The number of carbonyl (C=O) groups is 1. The van der Waals surface area contributed by atoms with Crippen molar-refractivity contribution >= 4 is 22.2 Å². The highest BCUT2D eigenvalue weighted by Crippen LogP contribution is 2.17. The Labute approximate surface area is 104 Å². The predicted octanol–water partition coefficient (Wildman–Crippen LogP) is 1.66. The van der Waals surface area contributed by atoms with Gasteiger partial charge in [-0.1, -0.05) is 0 Å². The van der Waals surface area contributed by atoms with E-state index in [0.717, 1.165) is 16.3 Å². The summed E-state index contributed by atoms with van der Waals surface area (Å²) in [6, 6.07) is 0. The molecule has 1 amide bonds. The number of hydrogen-bond acceptors (Lipinski definition) is 4. The van der Waals surface area contributed by atoms with Crippen molar-refractivity contribution in [2.24, 2.45) is 0 Å². The molecule has 92 valence electrons. The molecule has 0 aliphatic heterocycles. The van der Waals surface area contributed by atoms with Crippen molar-refractivity contribution in [1.29, 1.82) is 0 Å². The van der Waals surface area contributed by atoms with Crippen LogP contribution in [-0.2, 0) is 16.1 Å². The third-order valence-corrected chi connectivity index (χ3v) is 3.51. The highest BCUT2D eigenvalue weighted by Gasteiger charge is 2.11. The molecule has 0 aromatic carbocycles. The molecule has 2 heterocycles. The summed E-state index contributed by atoms with van der Waals surface area (Å²) in [4.78, 5) is 21.8. The van der Waals surface area contributed by atoms with E-state index in [-0.39, 0.29) is 5.91 Å². The van der Waals surface area contributed by atoms with Gasteiger partial charge in [0.2, 0.25) is 5.91 Å². The highest BCUT2D eigenvalue weighted by molar-refractivity contribution is 7.15. The molecule has 6 heteroatoms. The Kier molecular flexibility index (Phi) is 3.44. The van der Waals surface area contributed by atoms with Gasteiger partial charge >= 0.3 is 0 Å². The van der Waals surface area contributed by atoms with Gasteiger partial charge in [-0.3, -0.25) is 14.0 Å². The first-order valence-electron chi connectivity index (χ1n) is 5.34. The van der Waals surface area contributed by atoms with Gasteiger partial charge < -0.3 is 0 Å². The number of fused-ring (bicyclic) bond motifs is 1. The molecule has 0 saturated heterocycles. The van der Waals surface area contributed by atoms with Crippen molar-refractivity contribution in [2.75, 3.05) is 14.2 Å². The molecule has 0 unspecified atom stereocenters. The lowest BCUT2D eigenvalue weighted by Crippen LogP contribution is -2.25. The lowest BCUT2D eigenvalue weighted by Gasteiger charge is -2.12. The maximum Gasteiger partial charge on any atom is 0.246 e. The molecule has 0 N–H and O–H groups in total. The zero-order chi connectivity index (χ0) is 12.4. The largest absolute Gasteiger partial charge is 0.294 e. The highest BCUT2D eigenvalue weighted by atomic mass is 32.1. The molecule has 17 heavy (non-hydrogen) atoms. The molecule has 0 aliphatic carbocycles. The Bertz CT molecular complexity index is 532. The average molecular weight is 253 g/mol. The Morgan fingerprint density at radius 2 is 2.41 bits per heavy atom. The Balaban J connectivity index is 2.06. The van der Waals surface area contributed by atoms with Gasteiger partial charge in [0.1, 0.15) is 0 Å².